The second-order valence-electron chi connectivity index (χ2n) is 6.56. The Balaban J connectivity index is 1.71. The van der Waals surface area contributed by atoms with Gasteiger partial charge in [-0.2, -0.15) is 0 Å². The molecule has 0 radical (unpaired) electrons. The van der Waals surface area contributed by atoms with E-state index in [4.69, 9.17) is 9.47 Å². The van der Waals surface area contributed by atoms with Crippen LogP contribution in [-0.4, -0.2) is 24.8 Å². The average Bonchev–Trinajstić information content (AvgIpc) is 2.73. The quantitative estimate of drug-likeness (QED) is 0.587. The topological polar surface area (TPSA) is 55.8 Å². The van der Waals surface area contributed by atoms with Crippen molar-refractivity contribution in [3.05, 3.63) is 95.6 Å². The van der Waals surface area contributed by atoms with Crippen molar-refractivity contribution in [2.24, 2.45) is 0 Å². The van der Waals surface area contributed by atoms with E-state index in [1.165, 1.54) is 5.56 Å². The molecule has 0 heterocycles. The zero-order chi connectivity index (χ0) is 19.8. The molecule has 1 N–H and O–H groups in total. The SMILES string of the molecule is COc1ccc(C(Cc2ccccc2OCCc2ccccc2)C(=O)O)cc1. The lowest BCUT2D eigenvalue weighted by Gasteiger charge is -2.16. The molecule has 3 aromatic rings. The molecule has 28 heavy (non-hydrogen) atoms. The fourth-order valence-corrected chi connectivity index (χ4v) is 3.14. The maximum absolute atomic E-state index is 11.9. The van der Waals surface area contributed by atoms with Crippen molar-refractivity contribution < 1.29 is 19.4 Å². The zero-order valence-corrected chi connectivity index (χ0v) is 15.9. The van der Waals surface area contributed by atoms with Crippen LogP contribution in [0.4, 0.5) is 0 Å². The molecule has 0 aliphatic rings. The third kappa shape index (κ3) is 5.13. The molecule has 0 spiro atoms. The molecule has 0 fully saturated rings. The number of hydrogen-bond donors (Lipinski definition) is 1. The molecule has 144 valence electrons. The van der Waals surface area contributed by atoms with E-state index in [-0.39, 0.29) is 0 Å². The van der Waals surface area contributed by atoms with Crippen LogP contribution < -0.4 is 9.47 Å². The first-order chi connectivity index (χ1) is 13.7. The minimum absolute atomic E-state index is 0.364. The predicted molar refractivity (Wildman–Crippen MR) is 109 cm³/mol. The third-order valence-corrected chi connectivity index (χ3v) is 4.70. The predicted octanol–water partition coefficient (Wildman–Crippen LogP) is 4.73. The van der Waals surface area contributed by atoms with E-state index in [1.54, 1.807) is 31.4 Å². The highest BCUT2D eigenvalue weighted by molar-refractivity contribution is 5.76. The molecular weight excluding hydrogens is 352 g/mol. The van der Waals surface area contributed by atoms with Gasteiger partial charge in [-0.15, -0.1) is 0 Å². The van der Waals surface area contributed by atoms with Crippen molar-refractivity contribution in [3.63, 3.8) is 0 Å². The molecule has 3 aromatic carbocycles. The van der Waals surface area contributed by atoms with Crippen molar-refractivity contribution in [2.75, 3.05) is 13.7 Å². The van der Waals surface area contributed by atoms with Crippen LogP contribution in [0.3, 0.4) is 0 Å². The van der Waals surface area contributed by atoms with Gasteiger partial charge in [0, 0.05) is 6.42 Å². The molecule has 3 rings (SSSR count). The lowest BCUT2D eigenvalue weighted by Crippen LogP contribution is -2.15. The summed E-state index contributed by atoms with van der Waals surface area (Å²) in [4.78, 5) is 11.9. The van der Waals surface area contributed by atoms with Gasteiger partial charge in [0.15, 0.2) is 0 Å². The summed E-state index contributed by atoms with van der Waals surface area (Å²) < 4.78 is 11.1. The summed E-state index contributed by atoms with van der Waals surface area (Å²) >= 11 is 0. The van der Waals surface area contributed by atoms with E-state index in [0.29, 0.717) is 18.8 Å². The molecule has 0 aromatic heterocycles. The fraction of sp³-hybridized carbons (Fsp3) is 0.208. The summed E-state index contributed by atoms with van der Waals surface area (Å²) in [5, 5.41) is 9.76. The van der Waals surface area contributed by atoms with Crippen molar-refractivity contribution >= 4 is 5.97 Å². The van der Waals surface area contributed by atoms with Crippen LogP contribution in [0.15, 0.2) is 78.9 Å². The highest BCUT2D eigenvalue weighted by Crippen LogP contribution is 2.28. The molecule has 4 nitrogen and oxygen atoms in total. The molecule has 0 aliphatic carbocycles. The maximum atomic E-state index is 11.9. The van der Waals surface area contributed by atoms with Crippen LogP contribution >= 0.6 is 0 Å². The second kappa shape index (κ2) is 9.60. The van der Waals surface area contributed by atoms with E-state index in [9.17, 15) is 9.90 Å². The number of hydrogen-bond acceptors (Lipinski definition) is 3. The Bertz CT molecular complexity index is 888. The fourth-order valence-electron chi connectivity index (χ4n) is 3.14. The summed E-state index contributed by atoms with van der Waals surface area (Å²) in [7, 11) is 1.59. The van der Waals surface area contributed by atoms with Crippen molar-refractivity contribution in [3.8, 4) is 11.5 Å². The molecule has 4 heteroatoms. The smallest absolute Gasteiger partial charge is 0.311 e. The Morgan fingerprint density at radius 2 is 1.61 bits per heavy atom. The lowest BCUT2D eigenvalue weighted by atomic mass is 9.91. The van der Waals surface area contributed by atoms with Crippen LogP contribution in [0.1, 0.15) is 22.6 Å². The number of ether oxygens (including phenoxy) is 2. The number of carbonyl (C=O) groups is 1. The summed E-state index contributed by atoms with van der Waals surface area (Å²) in [6, 6.07) is 25.0. The molecule has 0 amide bonds. The first kappa shape index (κ1) is 19.5. The first-order valence-electron chi connectivity index (χ1n) is 9.29. The normalized spacial score (nSPS) is 11.6. The van der Waals surface area contributed by atoms with Crippen LogP contribution in [0.2, 0.25) is 0 Å². The van der Waals surface area contributed by atoms with Crippen molar-refractivity contribution in [2.45, 2.75) is 18.8 Å². The van der Waals surface area contributed by atoms with Gasteiger partial charge in [-0.25, -0.2) is 0 Å². The number of methoxy groups -OCH3 is 1. The van der Waals surface area contributed by atoms with Crippen LogP contribution in [0.25, 0.3) is 0 Å². The minimum atomic E-state index is -0.857. The molecular formula is C24H24O4. The standard InChI is InChI=1S/C24H24O4/c1-27-21-13-11-19(12-14-21)22(24(25)26)17-20-9-5-6-10-23(20)28-16-15-18-7-3-2-4-8-18/h2-14,22H,15-17H2,1H3,(H,25,26). The Labute approximate surface area is 165 Å². The lowest BCUT2D eigenvalue weighted by molar-refractivity contribution is -0.138. The highest BCUT2D eigenvalue weighted by Gasteiger charge is 2.22. The number of aliphatic carboxylic acids is 1. The molecule has 1 unspecified atom stereocenters. The van der Waals surface area contributed by atoms with Gasteiger partial charge in [-0.3, -0.25) is 4.79 Å². The van der Waals surface area contributed by atoms with Gasteiger partial charge in [0.25, 0.3) is 0 Å². The molecule has 1 atom stereocenters. The van der Waals surface area contributed by atoms with E-state index in [1.807, 2.05) is 42.5 Å². The Morgan fingerprint density at radius 1 is 0.929 bits per heavy atom. The van der Waals surface area contributed by atoms with E-state index in [2.05, 4.69) is 12.1 Å². The molecule has 0 aliphatic heterocycles. The van der Waals surface area contributed by atoms with Gasteiger partial charge in [0.1, 0.15) is 11.5 Å². The number of carboxylic acid groups (broad SMARTS) is 1. The van der Waals surface area contributed by atoms with Crippen LogP contribution in [0.5, 0.6) is 11.5 Å². The Morgan fingerprint density at radius 3 is 2.29 bits per heavy atom. The monoisotopic (exact) mass is 376 g/mol. The van der Waals surface area contributed by atoms with Gasteiger partial charge < -0.3 is 14.6 Å². The zero-order valence-electron chi connectivity index (χ0n) is 15.9. The van der Waals surface area contributed by atoms with Gasteiger partial charge in [0.2, 0.25) is 0 Å². The number of benzene rings is 3. The third-order valence-electron chi connectivity index (χ3n) is 4.70. The van der Waals surface area contributed by atoms with Gasteiger partial charge in [-0.1, -0.05) is 60.7 Å². The number of carboxylic acids is 1. The summed E-state index contributed by atoms with van der Waals surface area (Å²) in [5.74, 6) is -0.0650. The average molecular weight is 376 g/mol. The van der Waals surface area contributed by atoms with Crippen molar-refractivity contribution in [1.29, 1.82) is 0 Å². The second-order valence-corrected chi connectivity index (χ2v) is 6.56. The van der Waals surface area contributed by atoms with E-state index < -0.39 is 11.9 Å². The van der Waals surface area contributed by atoms with Gasteiger partial charge >= 0.3 is 5.97 Å². The largest absolute Gasteiger partial charge is 0.497 e. The first-order valence-corrected chi connectivity index (χ1v) is 9.29. The van der Waals surface area contributed by atoms with Crippen LogP contribution in [0, 0.1) is 0 Å². The highest BCUT2D eigenvalue weighted by atomic mass is 16.5. The Kier molecular flexibility index (Phi) is 6.68. The van der Waals surface area contributed by atoms with Crippen LogP contribution in [-0.2, 0) is 17.6 Å². The molecule has 0 saturated carbocycles. The summed E-state index contributed by atoms with van der Waals surface area (Å²) in [5.41, 5.74) is 2.84. The minimum Gasteiger partial charge on any atom is -0.497 e. The summed E-state index contributed by atoms with van der Waals surface area (Å²) in [6.45, 7) is 0.543. The number of para-hydroxylation sites is 1. The number of rotatable bonds is 9. The van der Waals surface area contributed by atoms with Gasteiger partial charge in [0.05, 0.1) is 19.6 Å². The summed E-state index contributed by atoms with van der Waals surface area (Å²) in [6.07, 6.45) is 1.17. The maximum Gasteiger partial charge on any atom is 0.311 e. The van der Waals surface area contributed by atoms with Gasteiger partial charge in [-0.05, 0) is 41.3 Å². The molecule has 0 bridgehead atoms. The van der Waals surface area contributed by atoms with E-state index in [0.717, 1.165) is 23.3 Å². The van der Waals surface area contributed by atoms with Crippen molar-refractivity contribution in [1.82, 2.24) is 0 Å². The van der Waals surface area contributed by atoms with E-state index >= 15 is 0 Å². The Hall–Kier alpha value is -3.27. The molecule has 0 saturated heterocycles.